The van der Waals surface area contributed by atoms with Gasteiger partial charge in [0.15, 0.2) is 0 Å². The van der Waals surface area contributed by atoms with Gasteiger partial charge in [-0.1, -0.05) is 0 Å². The van der Waals surface area contributed by atoms with Crippen molar-refractivity contribution in [1.29, 1.82) is 0 Å². The fraction of sp³-hybridized carbons (Fsp3) is 0.125. The molecule has 1 rings (SSSR count). The first-order valence-corrected chi connectivity index (χ1v) is 7.45. The van der Waals surface area contributed by atoms with E-state index < -0.39 is 25.8 Å². The molecule has 0 heterocycles. The Kier molecular flexibility index (Phi) is 3.74. The van der Waals surface area contributed by atoms with Crippen LogP contribution in [0.1, 0.15) is 11.1 Å². The lowest BCUT2D eigenvalue weighted by atomic mass is 10.1. The van der Waals surface area contributed by atoms with Crippen LogP contribution in [0.15, 0.2) is 12.1 Å². The second kappa shape index (κ2) is 4.46. The highest BCUT2D eigenvalue weighted by atomic mass is 31.2. The summed E-state index contributed by atoms with van der Waals surface area (Å²) in [6.07, 6.45) is 1.38. The Hall–Kier alpha value is -0.810. The van der Waals surface area contributed by atoms with Crippen molar-refractivity contribution >= 4 is 32.1 Å². The van der Waals surface area contributed by atoms with E-state index in [9.17, 15) is 13.9 Å². The van der Waals surface area contributed by atoms with Crippen LogP contribution in [0.4, 0.5) is 0 Å². The largest absolute Gasteiger partial charge is 0.356 e. The summed E-state index contributed by atoms with van der Waals surface area (Å²) in [6.45, 7) is 1.26. The topological polar surface area (TPSA) is 132 Å². The average Bonchev–Trinajstić information content (AvgIpc) is 2.14. The third-order valence-corrected chi connectivity index (χ3v) is 4.15. The number of hydrogen-bond donors (Lipinski definition) is 4. The second-order valence-corrected chi connectivity index (χ2v) is 6.50. The quantitative estimate of drug-likeness (QED) is 0.525. The van der Waals surface area contributed by atoms with E-state index in [0.717, 1.165) is 6.07 Å². The molecule has 9 heteroatoms. The highest BCUT2D eigenvalue weighted by molar-refractivity contribution is 7.62. The lowest BCUT2D eigenvalue weighted by Gasteiger charge is -2.12. The fourth-order valence-electron chi connectivity index (χ4n) is 1.26. The molecule has 1 aromatic rings. The van der Waals surface area contributed by atoms with E-state index in [0.29, 0.717) is 6.07 Å². The minimum Gasteiger partial charge on any atom is -0.321 e. The summed E-state index contributed by atoms with van der Waals surface area (Å²) in [5.41, 5.74) is -0.338. The molecule has 1 radical (unpaired) electrons. The van der Waals surface area contributed by atoms with Crippen LogP contribution in [0.5, 0.6) is 0 Å². The zero-order valence-corrected chi connectivity index (χ0v) is 10.4. The molecule has 0 spiro atoms. The van der Waals surface area contributed by atoms with E-state index >= 15 is 0 Å². The Labute approximate surface area is 96.4 Å². The maximum atomic E-state index is 11.1. The molecular weight excluding hydrogens is 270 g/mol. The molecule has 0 aliphatic heterocycles. The zero-order valence-electron chi connectivity index (χ0n) is 8.56. The summed E-state index contributed by atoms with van der Waals surface area (Å²) in [5, 5.41) is -1.21. The van der Waals surface area contributed by atoms with E-state index in [4.69, 9.17) is 19.6 Å². The van der Waals surface area contributed by atoms with Gasteiger partial charge in [0, 0.05) is 5.56 Å². The van der Waals surface area contributed by atoms with Gasteiger partial charge in [0.2, 0.25) is 6.29 Å². The third-order valence-electron chi connectivity index (χ3n) is 2.13. The van der Waals surface area contributed by atoms with Crippen LogP contribution in [0.3, 0.4) is 0 Å². The number of benzene rings is 1. The summed E-state index contributed by atoms with van der Waals surface area (Å²) >= 11 is 0. The maximum absolute atomic E-state index is 11.1. The highest BCUT2D eigenvalue weighted by Gasteiger charge is 2.27. The predicted molar refractivity (Wildman–Crippen MR) is 59.3 cm³/mol. The van der Waals surface area contributed by atoms with Gasteiger partial charge in [-0.3, -0.25) is 13.9 Å². The van der Waals surface area contributed by atoms with Crippen molar-refractivity contribution in [2.75, 3.05) is 0 Å². The summed E-state index contributed by atoms with van der Waals surface area (Å²) in [4.78, 5) is 46.4. The molecule has 0 fully saturated rings. The molecule has 4 N–H and O–H groups in total. The summed E-state index contributed by atoms with van der Waals surface area (Å²) in [5.74, 6) is 0. The normalized spacial score (nSPS) is 12.5. The van der Waals surface area contributed by atoms with Crippen molar-refractivity contribution in [2.45, 2.75) is 6.92 Å². The summed E-state index contributed by atoms with van der Waals surface area (Å²) in [6, 6.07) is 1.57. The maximum Gasteiger partial charge on any atom is 0.356 e. The SMILES string of the molecule is Cc1c([C]=O)cc(P(=O)(O)O)cc1P(=O)(O)O. The van der Waals surface area contributed by atoms with Crippen LogP contribution in [0.2, 0.25) is 0 Å². The molecule has 0 aromatic heterocycles. The van der Waals surface area contributed by atoms with Gasteiger partial charge in [-0.05, 0) is 24.6 Å². The molecular formula is C8H9O7P2. The first-order valence-electron chi connectivity index (χ1n) is 4.22. The van der Waals surface area contributed by atoms with Crippen LogP contribution in [-0.4, -0.2) is 25.9 Å². The highest BCUT2D eigenvalue weighted by Crippen LogP contribution is 2.38. The van der Waals surface area contributed by atoms with E-state index in [1.165, 1.54) is 13.2 Å². The Morgan fingerprint density at radius 2 is 1.59 bits per heavy atom. The molecule has 1 aromatic carbocycles. The van der Waals surface area contributed by atoms with E-state index in [2.05, 4.69) is 0 Å². The van der Waals surface area contributed by atoms with Crippen LogP contribution in [-0.2, 0) is 13.9 Å². The average molecular weight is 279 g/mol. The molecule has 0 bridgehead atoms. The van der Waals surface area contributed by atoms with Crippen LogP contribution in [0, 0.1) is 6.92 Å². The van der Waals surface area contributed by atoms with Crippen molar-refractivity contribution < 1.29 is 33.5 Å². The zero-order chi connectivity index (χ0) is 13.4. The van der Waals surface area contributed by atoms with Crippen LogP contribution in [0.25, 0.3) is 0 Å². The molecule has 7 nitrogen and oxygen atoms in total. The predicted octanol–water partition coefficient (Wildman–Crippen LogP) is -0.941. The molecule has 0 unspecified atom stereocenters. The smallest absolute Gasteiger partial charge is 0.321 e. The first-order chi connectivity index (χ1) is 7.57. The van der Waals surface area contributed by atoms with Gasteiger partial charge in [0.1, 0.15) is 0 Å². The number of carbonyl (C=O) groups excluding carboxylic acids is 1. The molecule has 0 saturated heterocycles. The van der Waals surface area contributed by atoms with Gasteiger partial charge in [0.05, 0.1) is 10.6 Å². The van der Waals surface area contributed by atoms with Crippen LogP contribution >= 0.6 is 15.2 Å². The Morgan fingerprint density at radius 1 is 1.06 bits per heavy atom. The van der Waals surface area contributed by atoms with Gasteiger partial charge in [-0.15, -0.1) is 0 Å². The minimum absolute atomic E-state index is 0.0504. The molecule has 93 valence electrons. The summed E-state index contributed by atoms with van der Waals surface area (Å²) < 4.78 is 22.1. The van der Waals surface area contributed by atoms with Crippen molar-refractivity contribution in [2.24, 2.45) is 0 Å². The molecule has 0 aliphatic carbocycles. The van der Waals surface area contributed by atoms with E-state index in [1.807, 2.05) is 0 Å². The van der Waals surface area contributed by atoms with Gasteiger partial charge in [-0.25, -0.2) is 0 Å². The lowest BCUT2D eigenvalue weighted by molar-refractivity contribution is 0.386. The number of hydrogen-bond acceptors (Lipinski definition) is 3. The molecule has 0 aliphatic rings. The van der Waals surface area contributed by atoms with Crippen LogP contribution < -0.4 is 10.6 Å². The Morgan fingerprint density at radius 3 is 1.94 bits per heavy atom. The van der Waals surface area contributed by atoms with Gasteiger partial charge in [-0.2, -0.15) is 0 Å². The molecule has 0 saturated carbocycles. The summed E-state index contributed by atoms with van der Waals surface area (Å²) in [7, 11) is -9.41. The minimum atomic E-state index is -4.71. The monoisotopic (exact) mass is 279 g/mol. The van der Waals surface area contributed by atoms with Gasteiger partial charge in [0.25, 0.3) is 0 Å². The van der Waals surface area contributed by atoms with E-state index in [1.54, 1.807) is 0 Å². The van der Waals surface area contributed by atoms with Crippen molar-refractivity contribution in [3.8, 4) is 0 Å². The lowest BCUT2D eigenvalue weighted by Crippen LogP contribution is -2.19. The standard InChI is InChI=1S/C8H9O7P2/c1-5-6(4-9)2-7(16(10,11)12)3-8(5)17(13,14)15/h2-3H,1H3,(H2,10,11,12)(H2,13,14,15). The molecule has 0 atom stereocenters. The Bertz CT molecular complexity index is 553. The number of rotatable bonds is 3. The third kappa shape index (κ3) is 3.10. The van der Waals surface area contributed by atoms with Gasteiger partial charge >= 0.3 is 15.2 Å². The fourth-order valence-corrected chi connectivity index (χ4v) is 2.82. The van der Waals surface area contributed by atoms with Crippen molar-refractivity contribution in [3.05, 3.63) is 23.3 Å². The first kappa shape index (κ1) is 14.3. The van der Waals surface area contributed by atoms with E-state index in [-0.39, 0.29) is 11.1 Å². The second-order valence-electron chi connectivity index (χ2n) is 3.33. The van der Waals surface area contributed by atoms with Gasteiger partial charge < -0.3 is 19.6 Å². The Balaban J connectivity index is 3.68. The van der Waals surface area contributed by atoms with Crippen molar-refractivity contribution in [1.82, 2.24) is 0 Å². The molecule has 0 amide bonds. The van der Waals surface area contributed by atoms with Crippen molar-refractivity contribution in [3.63, 3.8) is 0 Å². The molecule has 17 heavy (non-hydrogen) atoms.